The highest BCUT2D eigenvalue weighted by Gasteiger charge is 2.46. The van der Waals surface area contributed by atoms with Crippen molar-refractivity contribution in [3.05, 3.63) is 97.6 Å². The lowest BCUT2D eigenvalue weighted by atomic mass is 9.81. The minimum atomic E-state index is -2.03. The van der Waals surface area contributed by atoms with Crippen molar-refractivity contribution >= 4 is 46.4 Å². The van der Waals surface area contributed by atoms with E-state index in [0.717, 1.165) is 11.1 Å². The Bertz CT molecular complexity index is 2510. The maximum Gasteiger partial charge on any atom is 0.343 e. The molecule has 0 radical (unpaired) electrons. The number of nitrogens with one attached hydrogen (secondary N) is 5. The van der Waals surface area contributed by atoms with Crippen LogP contribution in [0.2, 0.25) is 0 Å². The number of carbonyl (C=O) groups excluding carboxylic acids is 6. The van der Waals surface area contributed by atoms with Gasteiger partial charge in [0.05, 0.1) is 48.1 Å². The third kappa shape index (κ3) is 8.07. The molecule has 7 rings (SSSR count). The minimum absolute atomic E-state index is 0.0330. The van der Waals surface area contributed by atoms with Crippen LogP contribution >= 0.6 is 0 Å². The first-order chi connectivity index (χ1) is 28.7. The third-order valence-corrected chi connectivity index (χ3v) is 11.2. The van der Waals surface area contributed by atoms with Gasteiger partial charge in [-0.3, -0.25) is 28.8 Å². The zero-order valence-corrected chi connectivity index (χ0v) is 33.2. The zero-order valence-electron chi connectivity index (χ0n) is 33.2. The molecule has 2 aromatic heterocycles. The van der Waals surface area contributed by atoms with Crippen LogP contribution in [0.5, 0.6) is 0 Å². The maximum atomic E-state index is 15.3. The van der Waals surface area contributed by atoms with E-state index in [-0.39, 0.29) is 50.4 Å². The van der Waals surface area contributed by atoms with E-state index in [1.165, 1.54) is 17.6 Å². The zero-order chi connectivity index (χ0) is 42.9. The second-order valence-electron chi connectivity index (χ2n) is 15.0. The molecular weight excluding hydrogens is 781 g/mol. The minimum Gasteiger partial charge on any atom is -0.458 e. The molecule has 2 aliphatic heterocycles. The molecule has 1 aliphatic carbocycles. The summed E-state index contributed by atoms with van der Waals surface area (Å²) in [5.41, 5.74) is 2.13. The van der Waals surface area contributed by atoms with Crippen LogP contribution in [-0.2, 0) is 69.8 Å². The molecule has 2 aromatic carbocycles. The highest BCUT2D eigenvalue weighted by atomic mass is 19.1. The van der Waals surface area contributed by atoms with E-state index in [4.69, 9.17) is 14.5 Å². The summed E-state index contributed by atoms with van der Waals surface area (Å²) >= 11 is 0. The Hall–Kier alpha value is -6.53. The van der Waals surface area contributed by atoms with E-state index in [1.807, 2.05) is 0 Å². The number of pyridine rings is 2. The summed E-state index contributed by atoms with van der Waals surface area (Å²) in [7, 11) is 0. The first-order valence-corrected chi connectivity index (χ1v) is 19.5. The van der Waals surface area contributed by atoms with Gasteiger partial charge >= 0.3 is 5.97 Å². The number of esters is 1. The van der Waals surface area contributed by atoms with Crippen molar-refractivity contribution in [2.45, 2.75) is 77.3 Å². The molecule has 4 aromatic rings. The van der Waals surface area contributed by atoms with Crippen LogP contribution in [0.25, 0.3) is 22.3 Å². The predicted molar refractivity (Wildman–Crippen MR) is 211 cm³/mol. The second-order valence-corrected chi connectivity index (χ2v) is 15.0. The third-order valence-electron chi connectivity index (χ3n) is 11.2. The lowest BCUT2D eigenvalue weighted by molar-refractivity contribution is -0.172. The molecule has 17 nitrogen and oxygen atoms in total. The molecule has 6 N–H and O–H groups in total. The summed E-state index contributed by atoms with van der Waals surface area (Å²) in [5.74, 6) is -4.08. The number of aliphatic hydroxyl groups is 1. The summed E-state index contributed by atoms with van der Waals surface area (Å²) in [6.07, 6.45) is 0.915. The summed E-state index contributed by atoms with van der Waals surface area (Å²) in [6, 6.07) is 10.2. The molecule has 60 heavy (non-hydrogen) atoms. The van der Waals surface area contributed by atoms with Gasteiger partial charge in [0.2, 0.25) is 29.5 Å². The predicted octanol–water partition coefficient (Wildman–Crippen LogP) is 0.701. The molecular formula is C42H44FN7O10. The van der Waals surface area contributed by atoms with Crippen molar-refractivity contribution in [3.63, 3.8) is 0 Å². The number of aromatic nitrogens is 2. The topological polar surface area (TPSA) is 236 Å². The molecule has 4 heterocycles. The highest BCUT2D eigenvalue weighted by molar-refractivity contribution is 5.94. The van der Waals surface area contributed by atoms with E-state index in [1.54, 1.807) is 50.2 Å². The van der Waals surface area contributed by atoms with Crippen molar-refractivity contribution < 1.29 is 47.7 Å². The molecule has 0 saturated carbocycles. The summed E-state index contributed by atoms with van der Waals surface area (Å²) in [4.78, 5) is 94.0. The van der Waals surface area contributed by atoms with Crippen molar-refractivity contribution in [2.75, 3.05) is 26.4 Å². The van der Waals surface area contributed by atoms with Crippen molar-refractivity contribution in [1.82, 2.24) is 36.1 Å². The molecule has 314 valence electrons. The number of benzene rings is 2. The molecule has 3 aliphatic rings. The van der Waals surface area contributed by atoms with Gasteiger partial charge < -0.3 is 45.7 Å². The molecule has 0 spiro atoms. The quantitative estimate of drug-likeness (QED) is 0.0518. The molecule has 0 saturated heterocycles. The number of carbonyl (C=O) groups is 6. The summed E-state index contributed by atoms with van der Waals surface area (Å²) < 4.78 is 27.4. The first-order valence-electron chi connectivity index (χ1n) is 19.5. The molecule has 0 bridgehead atoms. The van der Waals surface area contributed by atoms with E-state index in [0.29, 0.717) is 51.8 Å². The van der Waals surface area contributed by atoms with E-state index in [2.05, 4.69) is 26.6 Å². The van der Waals surface area contributed by atoms with Gasteiger partial charge in [0.25, 0.3) is 5.56 Å². The summed E-state index contributed by atoms with van der Waals surface area (Å²) in [6.45, 7) is 2.71. The number of rotatable bonds is 14. The van der Waals surface area contributed by atoms with Gasteiger partial charge in [0.1, 0.15) is 31.8 Å². The van der Waals surface area contributed by atoms with Crippen LogP contribution in [0, 0.1) is 12.7 Å². The van der Waals surface area contributed by atoms with Gasteiger partial charge in [0, 0.05) is 35.9 Å². The number of ether oxygens (including phenoxy) is 2. The second kappa shape index (κ2) is 17.0. The van der Waals surface area contributed by atoms with Crippen molar-refractivity contribution in [1.29, 1.82) is 0 Å². The fourth-order valence-electron chi connectivity index (χ4n) is 8.07. The highest BCUT2D eigenvalue weighted by Crippen LogP contribution is 2.46. The SMILES string of the molecule is CC[C@@]1(O)C(=O)OCc2c1cc1n(c2=O)Cc2c-1nc1cc(F)c(C)c3c1c2[C@@H](NC(=O)COCNC(=O)CNC(=O)[C@H](Cc1ccccc1)NC(=O)CNC(C)=O)CC3. The fraction of sp³-hybridized carbons (Fsp3) is 0.381. The van der Waals surface area contributed by atoms with Gasteiger partial charge in [-0.1, -0.05) is 37.3 Å². The van der Waals surface area contributed by atoms with Crippen LogP contribution in [0.1, 0.15) is 71.7 Å². The van der Waals surface area contributed by atoms with Crippen molar-refractivity contribution in [2.24, 2.45) is 0 Å². The Balaban J connectivity index is 1.01. The van der Waals surface area contributed by atoms with Gasteiger partial charge in [-0.25, -0.2) is 14.2 Å². The smallest absolute Gasteiger partial charge is 0.343 e. The lowest BCUT2D eigenvalue weighted by Gasteiger charge is -2.31. The lowest BCUT2D eigenvalue weighted by Crippen LogP contribution is -2.52. The Morgan fingerprint density at radius 1 is 1.02 bits per heavy atom. The standard InChI is InChI=1S/C42H44FN7O10/c1-4-42(58)27-13-32-38-25(17-50(32)40(56)26(27)18-60-41(42)57)37-29(11-10-24-21(2)28(43)14-30(49-38)36(24)37)47-35(54)19-59-20-46-33(52)15-45-39(55)31(12-23-8-6-5-7-9-23)48-34(53)16-44-22(3)51/h5-9,13-14,29,31,58H,4,10-12,15-20H2,1-3H3,(H,44,51)(H,45,55)(H,46,52)(H,47,54)(H,48,53)/t29-,31-,42-/m0/s1. The van der Waals surface area contributed by atoms with Gasteiger partial charge in [-0.15, -0.1) is 0 Å². The molecule has 5 amide bonds. The van der Waals surface area contributed by atoms with E-state index >= 15 is 4.39 Å². The average Bonchev–Trinajstić information content (AvgIpc) is 3.60. The number of hydrogen-bond donors (Lipinski definition) is 6. The Morgan fingerprint density at radius 2 is 1.77 bits per heavy atom. The van der Waals surface area contributed by atoms with E-state index in [9.17, 15) is 38.7 Å². The average molecular weight is 826 g/mol. The largest absolute Gasteiger partial charge is 0.458 e. The van der Waals surface area contributed by atoms with Gasteiger partial charge in [-0.05, 0) is 54.5 Å². The molecule has 18 heteroatoms. The van der Waals surface area contributed by atoms with Crippen LogP contribution in [-0.4, -0.2) is 82.6 Å². The molecule has 0 unspecified atom stereocenters. The number of amides is 5. The Labute approximate surface area is 342 Å². The maximum absolute atomic E-state index is 15.3. The number of nitrogens with zero attached hydrogens (tertiary/aromatic N) is 2. The van der Waals surface area contributed by atoms with Gasteiger partial charge in [-0.2, -0.15) is 0 Å². The van der Waals surface area contributed by atoms with Crippen LogP contribution in [0.4, 0.5) is 4.39 Å². The normalized spacial score (nSPS) is 17.7. The van der Waals surface area contributed by atoms with Crippen LogP contribution in [0.3, 0.4) is 0 Å². The number of hydrogen-bond acceptors (Lipinski definition) is 11. The van der Waals surface area contributed by atoms with Crippen LogP contribution < -0.4 is 32.1 Å². The molecule has 0 fully saturated rings. The van der Waals surface area contributed by atoms with Gasteiger partial charge in [0.15, 0.2) is 5.60 Å². The van der Waals surface area contributed by atoms with Crippen LogP contribution in [0.15, 0.2) is 47.3 Å². The number of aryl methyl sites for hydroxylation is 1. The molecule has 3 atom stereocenters. The fourth-order valence-corrected chi connectivity index (χ4v) is 8.07. The Morgan fingerprint density at radius 3 is 2.50 bits per heavy atom. The summed E-state index contributed by atoms with van der Waals surface area (Å²) in [5, 5.41) is 24.9. The number of halogens is 1. The van der Waals surface area contributed by atoms with Crippen molar-refractivity contribution in [3.8, 4) is 11.4 Å². The first kappa shape index (κ1) is 41.6. The van der Waals surface area contributed by atoms with E-state index < -0.39 is 77.7 Å². The number of fused-ring (bicyclic) bond motifs is 5. The number of cyclic esters (lactones) is 1. The Kier molecular flexibility index (Phi) is 11.8. The monoisotopic (exact) mass is 825 g/mol.